The van der Waals surface area contributed by atoms with Crippen LogP contribution in [0.5, 0.6) is 0 Å². The summed E-state index contributed by atoms with van der Waals surface area (Å²) in [6, 6.07) is 18.4. The van der Waals surface area contributed by atoms with Crippen LogP contribution < -0.4 is 0 Å². The van der Waals surface area contributed by atoms with Crippen molar-refractivity contribution >= 4 is 0 Å². The maximum Gasteiger partial charge on any atom is 0.0161 e. The van der Waals surface area contributed by atoms with Gasteiger partial charge < -0.3 is 0 Å². The first-order valence-corrected chi connectivity index (χ1v) is 10.2. The molecule has 1 aliphatic heterocycles. The molecule has 2 aromatic rings. The monoisotopic (exact) mass is 349 g/mol. The van der Waals surface area contributed by atoms with E-state index in [1.807, 2.05) is 0 Å². The lowest BCUT2D eigenvalue weighted by atomic mass is 9.71. The van der Waals surface area contributed by atoms with Crippen molar-refractivity contribution in [2.24, 2.45) is 0 Å². The Kier molecular flexibility index (Phi) is 5.30. The van der Waals surface area contributed by atoms with E-state index in [1.165, 1.54) is 47.9 Å². The molecule has 0 spiro atoms. The van der Waals surface area contributed by atoms with Crippen LogP contribution in [0.25, 0.3) is 11.1 Å². The van der Waals surface area contributed by atoms with Gasteiger partial charge in [0.05, 0.1) is 0 Å². The van der Waals surface area contributed by atoms with Crippen molar-refractivity contribution in [2.75, 3.05) is 7.05 Å². The van der Waals surface area contributed by atoms with Crippen LogP contribution in [0.4, 0.5) is 0 Å². The van der Waals surface area contributed by atoms with E-state index in [2.05, 4.69) is 95.1 Å². The summed E-state index contributed by atoms with van der Waals surface area (Å²) < 4.78 is 0. The average molecular weight is 350 g/mol. The second-order valence-corrected chi connectivity index (χ2v) is 9.36. The highest BCUT2D eigenvalue weighted by Crippen LogP contribution is 2.44. The van der Waals surface area contributed by atoms with Gasteiger partial charge in [-0.25, -0.2) is 0 Å². The zero-order valence-electron chi connectivity index (χ0n) is 17.5. The number of hydrogen-bond donors (Lipinski definition) is 0. The van der Waals surface area contributed by atoms with E-state index in [1.54, 1.807) is 0 Å². The summed E-state index contributed by atoms with van der Waals surface area (Å²) in [4.78, 5) is 2.56. The molecule has 1 fully saturated rings. The van der Waals surface area contributed by atoms with Gasteiger partial charge in [-0.3, -0.25) is 4.90 Å². The van der Waals surface area contributed by atoms with Crippen LogP contribution >= 0.6 is 0 Å². The molecule has 2 aromatic carbocycles. The summed E-state index contributed by atoms with van der Waals surface area (Å²) in [6.07, 6.45) is 4.81. The van der Waals surface area contributed by atoms with Gasteiger partial charge in [0.2, 0.25) is 0 Å². The molecule has 1 heteroatoms. The molecule has 0 saturated carbocycles. The molecule has 0 aliphatic carbocycles. The Labute approximate surface area is 160 Å². The van der Waals surface area contributed by atoms with Crippen LogP contribution in [-0.4, -0.2) is 23.0 Å². The van der Waals surface area contributed by atoms with Crippen molar-refractivity contribution in [3.8, 4) is 11.1 Å². The molecule has 0 radical (unpaired) electrons. The Morgan fingerprint density at radius 3 is 1.73 bits per heavy atom. The Bertz CT molecular complexity index is 704. The van der Waals surface area contributed by atoms with Gasteiger partial charge in [0.1, 0.15) is 0 Å². The Balaban J connectivity index is 1.79. The summed E-state index contributed by atoms with van der Waals surface area (Å²) in [5, 5.41) is 0. The first kappa shape index (κ1) is 19.2. The standard InChI is InChI=1S/C25H35N/c1-7-8-19-9-11-20(12-10-19)21-13-15-22(16-14-21)23-17-24(2,3)26(6)25(4,5)18-23/h9-16,23H,7-8,17-18H2,1-6H3. The second kappa shape index (κ2) is 7.19. The highest BCUT2D eigenvalue weighted by molar-refractivity contribution is 5.64. The highest BCUT2D eigenvalue weighted by atomic mass is 15.2. The molecule has 26 heavy (non-hydrogen) atoms. The number of hydrogen-bond acceptors (Lipinski definition) is 1. The normalized spacial score (nSPS) is 20.2. The lowest BCUT2D eigenvalue weighted by Gasteiger charge is -2.54. The molecule has 0 amide bonds. The van der Waals surface area contributed by atoms with Gasteiger partial charge in [-0.1, -0.05) is 61.9 Å². The van der Waals surface area contributed by atoms with E-state index in [0.717, 1.165) is 0 Å². The van der Waals surface area contributed by atoms with Gasteiger partial charge >= 0.3 is 0 Å². The molecule has 1 saturated heterocycles. The largest absolute Gasteiger partial charge is 0.296 e. The third kappa shape index (κ3) is 3.88. The fourth-order valence-corrected chi connectivity index (χ4v) is 4.71. The molecule has 140 valence electrons. The van der Waals surface area contributed by atoms with E-state index >= 15 is 0 Å². The second-order valence-electron chi connectivity index (χ2n) is 9.36. The fraction of sp³-hybridized carbons (Fsp3) is 0.520. The maximum atomic E-state index is 2.56. The lowest BCUT2D eigenvalue weighted by molar-refractivity contribution is -0.0128. The van der Waals surface area contributed by atoms with Gasteiger partial charge in [-0.05, 0) is 82.2 Å². The van der Waals surface area contributed by atoms with Crippen molar-refractivity contribution < 1.29 is 0 Å². The van der Waals surface area contributed by atoms with E-state index in [-0.39, 0.29) is 11.1 Å². The molecule has 1 aliphatic rings. The van der Waals surface area contributed by atoms with Crippen LogP contribution in [0.2, 0.25) is 0 Å². The highest BCUT2D eigenvalue weighted by Gasteiger charge is 2.43. The summed E-state index contributed by atoms with van der Waals surface area (Å²) in [6.45, 7) is 11.8. The number of nitrogens with zero attached hydrogens (tertiary/aromatic N) is 1. The lowest BCUT2D eigenvalue weighted by Crippen LogP contribution is -2.58. The SMILES string of the molecule is CCCc1ccc(-c2ccc(C3CC(C)(C)N(C)C(C)(C)C3)cc2)cc1. The van der Waals surface area contributed by atoms with Gasteiger partial charge in [-0.15, -0.1) is 0 Å². The first-order valence-electron chi connectivity index (χ1n) is 10.2. The van der Waals surface area contributed by atoms with Crippen molar-refractivity contribution in [3.63, 3.8) is 0 Å². The Morgan fingerprint density at radius 1 is 0.808 bits per heavy atom. The minimum Gasteiger partial charge on any atom is -0.296 e. The number of benzene rings is 2. The van der Waals surface area contributed by atoms with Gasteiger partial charge in [0.15, 0.2) is 0 Å². The van der Waals surface area contributed by atoms with Gasteiger partial charge in [0.25, 0.3) is 0 Å². The van der Waals surface area contributed by atoms with Crippen molar-refractivity contribution in [1.29, 1.82) is 0 Å². The molecular weight excluding hydrogens is 314 g/mol. The molecule has 1 nitrogen and oxygen atoms in total. The zero-order valence-corrected chi connectivity index (χ0v) is 17.5. The molecule has 0 aromatic heterocycles. The third-order valence-corrected chi connectivity index (χ3v) is 6.52. The number of rotatable bonds is 4. The molecule has 0 unspecified atom stereocenters. The Hall–Kier alpha value is -1.60. The van der Waals surface area contributed by atoms with Crippen molar-refractivity contribution in [1.82, 2.24) is 4.90 Å². The average Bonchev–Trinajstić information content (AvgIpc) is 2.60. The van der Waals surface area contributed by atoms with E-state index in [9.17, 15) is 0 Å². The quantitative estimate of drug-likeness (QED) is 0.595. The topological polar surface area (TPSA) is 3.24 Å². The smallest absolute Gasteiger partial charge is 0.0161 e. The molecule has 0 N–H and O–H groups in total. The van der Waals surface area contributed by atoms with Crippen molar-refractivity contribution in [3.05, 3.63) is 59.7 Å². The van der Waals surface area contributed by atoms with E-state index in [4.69, 9.17) is 0 Å². The number of aryl methyl sites for hydroxylation is 1. The summed E-state index contributed by atoms with van der Waals surface area (Å²) >= 11 is 0. The van der Waals surface area contributed by atoms with Crippen LogP contribution in [0.15, 0.2) is 48.5 Å². The van der Waals surface area contributed by atoms with Gasteiger partial charge in [-0.2, -0.15) is 0 Å². The molecule has 1 heterocycles. The third-order valence-electron chi connectivity index (χ3n) is 6.52. The fourth-order valence-electron chi connectivity index (χ4n) is 4.71. The Morgan fingerprint density at radius 2 is 1.27 bits per heavy atom. The van der Waals surface area contributed by atoms with E-state index < -0.39 is 0 Å². The predicted octanol–water partition coefficient (Wildman–Crippen LogP) is 6.67. The van der Waals surface area contributed by atoms with E-state index in [0.29, 0.717) is 5.92 Å². The van der Waals surface area contributed by atoms with Crippen LogP contribution in [-0.2, 0) is 6.42 Å². The summed E-state index contributed by atoms with van der Waals surface area (Å²) in [7, 11) is 2.28. The zero-order chi connectivity index (χ0) is 18.9. The van der Waals surface area contributed by atoms with Crippen molar-refractivity contribution in [2.45, 2.75) is 77.3 Å². The predicted molar refractivity (Wildman–Crippen MR) is 114 cm³/mol. The molecular formula is C25H35N. The maximum absolute atomic E-state index is 2.56. The molecule has 0 bridgehead atoms. The molecule has 3 rings (SSSR count). The van der Waals surface area contributed by atoms with Crippen LogP contribution in [0, 0.1) is 0 Å². The van der Waals surface area contributed by atoms with Gasteiger partial charge in [0, 0.05) is 11.1 Å². The first-order chi connectivity index (χ1) is 12.2. The minimum absolute atomic E-state index is 0.236. The number of likely N-dealkylation sites (tertiary alicyclic amines) is 1. The minimum atomic E-state index is 0.236. The van der Waals surface area contributed by atoms with Crippen LogP contribution in [0.1, 0.15) is 70.9 Å². The van der Waals surface area contributed by atoms with Crippen LogP contribution in [0.3, 0.4) is 0 Å². The molecule has 0 atom stereocenters. The summed E-state index contributed by atoms with van der Waals surface area (Å²) in [5.41, 5.74) is 6.04. The summed E-state index contributed by atoms with van der Waals surface area (Å²) in [5.74, 6) is 0.636. The number of piperidine rings is 1.